The molecule has 0 saturated carbocycles. The number of benzene rings is 1. The molecule has 25 heavy (non-hydrogen) atoms. The van der Waals surface area contributed by atoms with Crippen molar-refractivity contribution in [3.05, 3.63) is 46.8 Å². The molecule has 0 N–H and O–H groups in total. The van der Waals surface area contributed by atoms with E-state index in [2.05, 4.69) is 21.2 Å². The first-order valence-electron chi connectivity index (χ1n) is 8.36. The van der Waals surface area contributed by atoms with Crippen LogP contribution in [0.25, 0.3) is 5.65 Å². The van der Waals surface area contributed by atoms with Gasteiger partial charge in [0.15, 0.2) is 5.65 Å². The van der Waals surface area contributed by atoms with Crippen LogP contribution >= 0.6 is 35.0 Å². The molecule has 1 atom stereocenters. The van der Waals surface area contributed by atoms with Crippen molar-refractivity contribution in [2.75, 3.05) is 18.0 Å². The molecule has 2 aromatic heterocycles. The third-order valence-electron chi connectivity index (χ3n) is 4.66. The summed E-state index contributed by atoms with van der Waals surface area (Å²) in [5.41, 5.74) is 0.894. The normalized spacial score (nSPS) is 17.6. The maximum absolute atomic E-state index is 6.33. The molecule has 3 heterocycles. The van der Waals surface area contributed by atoms with Crippen LogP contribution in [-0.4, -0.2) is 27.5 Å². The van der Waals surface area contributed by atoms with Crippen LogP contribution in [0.3, 0.4) is 0 Å². The van der Waals surface area contributed by atoms with Gasteiger partial charge >= 0.3 is 0 Å². The number of anilines is 1. The van der Waals surface area contributed by atoms with E-state index in [1.807, 2.05) is 30.7 Å². The SMILES string of the molecule is CCC1CCN(c2ncc(Sc3cccc(Cl)c3Cl)c3nccn23)C1. The van der Waals surface area contributed by atoms with Gasteiger partial charge in [-0.1, -0.05) is 54.4 Å². The van der Waals surface area contributed by atoms with Gasteiger partial charge in [0.1, 0.15) is 0 Å². The van der Waals surface area contributed by atoms with Crippen LogP contribution in [0.4, 0.5) is 5.95 Å². The monoisotopic (exact) mass is 392 g/mol. The van der Waals surface area contributed by atoms with Crippen LogP contribution in [0.15, 0.2) is 46.6 Å². The van der Waals surface area contributed by atoms with E-state index in [1.165, 1.54) is 24.6 Å². The molecule has 130 valence electrons. The van der Waals surface area contributed by atoms with Gasteiger partial charge in [0.2, 0.25) is 5.95 Å². The van der Waals surface area contributed by atoms with Gasteiger partial charge in [0, 0.05) is 36.6 Å². The molecule has 4 rings (SSSR count). The number of nitrogens with zero attached hydrogens (tertiary/aromatic N) is 4. The van der Waals surface area contributed by atoms with E-state index in [0.717, 1.165) is 40.4 Å². The summed E-state index contributed by atoms with van der Waals surface area (Å²) >= 11 is 14.0. The number of fused-ring (bicyclic) bond motifs is 1. The molecular weight excluding hydrogens is 375 g/mol. The van der Waals surface area contributed by atoms with Crippen LogP contribution in [0.2, 0.25) is 10.0 Å². The number of halogens is 2. The fourth-order valence-corrected chi connectivity index (χ4v) is 4.62. The van der Waals surface area contributed by atoms with E-state index in [4.69, 9.17) is 28.2 Å². The van der Waals surface area contributed by atoms with Crippen molar-refractivity contribution in [3.8, 4) is 0 Å². The first-order valence-corrected chi connectivity index (χ1v) is 9.93. The van der Waals surface area contributed by atoms with E-state index in [-0.39, 0.29) is 0 Å². The first-order chi connectivity index (χ1) is 12.2. The van der Waals surface area contributed by atoms with Crippen molar-refractivity contribution in [2.45, 2.75) is 29.6 Å². The topological polar surface area (TPSA) is 33.4 Å². The van der Waals surface area contributed by atoms with Crippen LogP contribution in [0.1, 0.15) is 19.8 Å². The average Bonchev–Trinajstić information content (AvgIpc) is 3.28. The number of rotatable bonds is 4. The summed E-state index contributed by atoms with van der Waals surface area (Å²) in [6.45, 7) is 4.36. The Morgan fingerprint density at radius 3 is 2.92 bits per heavy atom. The Hall–Kier alpha value is -1.43. The lowest BCUT2D eigenvalue weighted by Crippen LogP contribution is -2.23. The summed E-state index contributed by atoms with van der Waals surface area (Å²) in [4.78, 5) is 13.5. The molecule has 1 fully saturated rings. The van der Waals surface area contributed by atoms with E-state index < -0.39 is 0 Å². The molecule has 7 heteroatoms. The third-order valence-corrected chi connectivity index (χ3v) is 6.65. The minimum absolute atomic E-state index is 0.554. The Balaban J connectivity index is 1.69. The third kappa shape index (κ3) is 3.21. The van der Waals surface area contributed by atoms with Gasteiger partial charge in [-0.3, -0.25) is 4.40 Å². The van der Waals surface area contributed by atoms with Crippen LogP contribution in [-0.2, 0) is 0 Å². The molecule has 0 spiro atoms. The number of aromatic nitrogens is 3. The van der Waals surface area contributed by atoms with E-state index in [1.54, 1.807) is 6.07 Å². The smallest absolute Gasteiger partial charge is 0.211 e. The summed E-state index contributed by atoms with van der Waals surface area (Å²) in [5, 5.41) is 1.12. The second-order valence-electron chi connectivity index (χ2n) is 6.21. The van der Waals surface area contributed by atoms with E-state index in [9.17, 15) is 0 Å². The fraction of sp³-hybridized carbons (Fsp3) is 0.333. The van der Waals surface area contributed by atoms with Crippen molar-refractivity contribution >= 4 is 46.6 Å². The van der Waals surface area contributed by atoms with Gasteiger partial charge in [-0.15, -0.1) is 0 Å². The largest absolute Gasteiger partial charge is 0.342 e. The molecular formula is C18H18Cl2N4S. The maximum Gasteiger partial charge on any atom is 0.211 e. The fourth-order valence-electron chi connectivity index (χ4n) is 3.22. The number of hydrogen-bond acceptors (Lipinski definition) is 4. The van der Waals surface area contributed by atoms with Gasteiger partial charge < -0.3 is 4.90 Å². The highest BCUT2D eigenvalue weighted by atomic mass is 35.5. The van der Waals surface area contributed by atoms with Crippen LogP contribution in [0.5, 0.6) is 0 Å². The van der Waals surface area contributed by atoms with Crippen LogP contribution < -0.4 is 4.90 Å². The first kappa shape index (κ1) is 17.0. The lowest BCUT2D eigenvalue weighted by Gasteiger charge is -2.19. The Labute approximate surface area is 161 Å². The molecule has 0 aliphatic carbocycles. The van der Waals surface area contributed by atoms with Crippen LogP contribution in [0, 0.1) is 5.92 Å². The zero-order valence-electron chi connectivity index (χ0n) is 13.8. The van der Waals surface area contributed by atoms with Crippen molar-refractivity contribution in [3.63, 3.8) is 0 Å². The Bertz CT molecular complexity index is 911. The van der Waals surface area contributed by atoms with Gasteiger partial charge in [0.05, 0.1) is 14.9 Å². The molecule has 1 aliphatic heterocycles. The Morgan fingerprint density at radius 2 is 2.12 bits per heavy atom. The summed E-state index contributed by atoms with van der Waals surface area (Å²) in [6.07, 6.45) is 8.12. The standard InChI is InChI=1S/C18H18Cl2N4S/c1-2-12-6-8-23(11-12)18-22-10-15(17-21-7-9-24(17)18)25-14-5-3-4-13(19)16(14)20/h3-5,7,9-10,12H,2,6,8,11H2,1H3. The average molecular weight is 393 g/mol. The molecule has 4 nitrogen and oxygen atoms in total. The minimum atomic E-state index is 0.554. The molecule has 1 aromatic carbocycles. The van der Waals surface area contributed by atoms with Crippen molar-refractivity contribution in [1.29, 1.82) is 0 Å². The minimum Gasteiger partial charge on any atom is -0.342 e. The van der Waals surface area contributed by atoms with Gasteiger partial charge in [0.25, 0.3) is 0 Å². The Morgan fingerprint density at radius 1 is 1.24 bits per heavy atom. The number of hydrogen-bond donors (Lipinski definition) is 0. The highest BCUT2D eigenvalue weighted by Gasteiger charge is 2.24. The molecule has 0 radical (unpaired) electrons. The lowest BCUT2D eigenvalue weighted by atomic mass is 10.1. The summed E-state index contributed by atoms with van der Waals surface area (Å²) < 4.78 is 2.07. The number of imidazole rings is 1. The van der Waals surface area contributed by atoms with E-state index in [0.29, 0.717) is 10.0 Å². The lowest BCUT2D eigenvalue weighted by molar-refractivity contribution is 0.568. The molecule has 1 unspecified atom stereocenters. The van der Waals surface area contributed by atoms with Gasteiger partial charge in [-0.05, 0) is 24.5 Å². The van der Waals surface area contributed by atoms with Crippen molar-refractivity contribution in [1.82, 2.24) is 14.4 Å². The molecule has 1 aliphatic rings. The second-order valence-corrected chi connectivity index (χ2v) is 8.08. The van der Waals surface area contributed by atoms with Crippen molar-refractivity contribution < 1.29 is 0 Å². The highest BCUT2D eigenvalue weighted by molar-refractivity contribution is 7.99. The highest BCUT2D eigenvalue weighted by Crippen LogP contribution is 2.38. The van der Waals surface area contributed by atoms with Gasteiger partial charge in [-0.2, -0.15) is 0 Å². The summed E-state index contributed by atoms with van der Waals surface area (Å²) in [7, 11) is 0. The molecule has 3 aromatic rings. The predicted octanol–water partition coefficient (Wildman–Crippen LogP) is 5.42. The molecule has 0 bridgehead atoms. The zero-order chi connectivity index (χ0) is 17.4. The maximum atomic E-state index is 6.33. The summed E-state index contributed by atoms with van der Waals surface area (Å²) in [6, 6.07) is 5.65. The summed E-state index contributed by atoms with van der Waals surface area (Å²) in [5.74, 6) is 1.71. The second kappa shape index (κ2) is 7.06. The quantitative estimate of drug-likeness (QED) is 0.592. The zero-order valence-corrected chi connectivity index (χ0v) is 16.2. The predicted molar refractivity (Wildman–Crippen MR) is 104 cm³/mol. The van der Waals surface area contributed by atoms with Crippen molar-refractivity contribution in [2.24, 2.45) is 5.92 Å². The Kier molecular flexibility index (Phi) is 4.80. The molecule has 0 amide bonds. The van der Waals surface area contributed by atoms with E-state index >= 15 is 0 Å². The van der Waals surface area contributed by atoms with Gasteiger partial charge in [-0.25, -0.2) is 9.97 Å². The molecule has 1 saturated heterocycles.